The van der Waals surface area contributed by atoms with Crippen LogP contribution in [0.4, 0.5) is 11.4 Å². The molecule has 0 spiro atoms. The van der Waals surface area contributed by atoms with Crippen LogP contribution in [-0.2, 0) is 0 Å². The van der Waals surface area contributed by atoms with E-state index in [-0.39, 0.29) is 5.91 Å². The van der Waals surface area contributed by atoms with Gasteiger partial charge in [-0.3, -0.25) is 4.79 Å². The third-order valence-corrected chi connectivity index (χ3v) is 2.79. The fraction of sp³-hybridized carbons (Fsp3) is 0.133. The third-order valence-electron chi connectivity index (χ3n) is 2.79. The number of hydrogen-bond donors (Lipinski definition) is 2. The Bertz CT molecular complexity index is 592. The second-order valence-corrected chi connectivity index (χ2v) is 4.28. The molecule has 98 valence electrons. The number of ether oxygens (including phenoxy) is 1. The summed E-state index contributed by atoms with van der Waals surface area (Å²) in [5, 5.41) is 2.80. The van der Waals surface area contributed by atoms with Gasteiger partial charge < -0.3 is 15.8 Å². The first kappa shape index (κ1) is 13.0. The molecule has 0 aliphatic carbocycles. The number of amides is 1. The number of methoxy groups -OCH3 is 1. The summed E-state index contributed by atoms with van der Waals surface area (Å²) in [4.78, 5) is 12.1. The molecule has 0 aliphatic heterocycles. The van der Waals surface area contributed by atoms with Crippen LogP contribution in [0, 0.1) is 6.92 Å². The van der Waals surface area contributed by atoms with Crippen molar-refractivity contribution in [2.75, 3.05) is 18.2 Å². The fourth-order valence-electron chi connectivity index (χ4n) is 1.71. The molecule has 0 saturated carbocycles. The van der Waals surface area contributed by atoms with Crippen molar-refractivity contribution in [1.82, 2.24) is 0 Å². The molecule has 0 fully saturated rings. The zero-order valence-electron chi connectivity index (χ0n) is 10.9. The molecule has 3 N–H and O–H groups in total. The van der Waals surface area contributed by atoms with E-state index in [1.165, 1.54) is 7.11 Å². The van der Waals surface area contributed by atoms with Crippen molar-refractivity contribution in [3.8, 4) is 5.75 Å². The minimum absolute atomic E-state index is 0.178. The number of carbonyl (C=O) groups excluding carboxylic acids is 1. The molecule has 0 aliphatic rings. The smallest absolute Gasteiger partial charge is 0.255 e. The van der Waals surface area contributed by atoms with Crippen molar-refractivity contribution in [2.45, 2.75) is 6.92 Å². The number of aryl methyl sites for hydroxylation is 1. The van der Waals surface area contributed by atoms with Crippen molar-refractivity contribution in [3.63, 3.8) is 0 Å². The molecule has 0 saturated heterocycles. The average molecular weight is 256 g/mol. The average Bonchev–Trinajstić information content (AvgIpc) is 2.41. The van der Waals surface area contributed by atoms with E-state index < -0.39 is 0 Å². The molecular weight excluding hydrogens is 240 g/mol. The highest BCUT2D eigenvalue weighted by molar-refractivity contribution is 6.05. The Morgan fingerprint density at radius 1 is 1.16 bits per heavy atom. The summed E-state index contributed by atoms with van der Waals surface area (Å²) in [6.45, 7) is 1.98. The Hall–Kier alpha value is -2.49. The zero-order valence-corrected chi connectivity index (χ0v) is 10.9. The third kappa shape index (κ3) is 3.04. The van der Waals surface area contributed by atoms with Crippen molar-refractivity contribution in [2.24, 2.45) is 0 Å². The number of hydrogen-bond acceptors (Lipinski definition) is 3. The summed E-state index contributed by atoms with van der Waals surface area (Å²) in [5.41, 5.74) is 8.57. The van der Waals surface area contributed by atoms with E-state index in [1.54, 1.807) is 30.3 Å². The Labute approximate surface area is 112 Å². The molecule has 0 aromatic heterocycles. The predicted octanol–water partition coefficient (Wildman–Crippen LogP) is 2.84. The minimum Gasteiger partial charge on any atom is -0.494 e. The Morgan fingerprint density at radius 3 is 2.47 bits per heavy atom. The van der Waals surface area contributed by atoms with Gasteiger partial charge in [0.15, 0.2) is 0 Å². The number of anilines is 2. The van der Waals surface area contributed by atoms with Crippen LogP contribution in [0.5, 0.6) is 5.75 Å². The molecule has 2 rings (SSSR count). The van der Waals surface area contributed by atoms with Gasteiger partial charge in [0.2, 0.25) is 0 Å². The molecule has 1 amide bonds. The predicted molar refractivity (Wildman–Crippen MR) is 76.5 cm³/mol. The quantitative estimate of drug-likeness (QED) is 0.830. The summed E-state index contributed by atoms with van der Waals surface area (Å²) in [6.07, 6.45) is 0. The van der Waals surface area contributed by atoms with Crippen molar-refractivity contribution < 1.29 is 9.53 Å². The normalized spacial score (nSPS) is 10.0. The van der Waals surface area contributed by atoms with Crippen LogP contribution < -0.4 is 15.8 Å². The number of benzene rings is 2. The molecule has 4 nitrogen and oxygen atoms in total. The maximum Gasteiger partial charge on any atom is 0.255 e. The topological polar surface area (TPSA) is 64.3 Å². The van der Waals surface area contributed by atoms with Gasteiger partial charge in [0.1, 0.15) is 5.75 Å². The van der Waals surface area contributed by atoms with Crippen LogP contribution in [0.1, 0.15) is 15.9 Å². The van der Waals surface area contributed by atoms with Crippen LogP contribution in [0.2, 0.25) is 0 Å². The lowest BCUT2D eigenvalue weighted by Gasteiger charge is -2.11. The van der Waals surface area contributed by atoms with Crippen LogP contribution >= 0.6 is 0 Å². The number of carbonyl (C=O) groups is 1. The van der Waals surface area contributed by atoms with E-state index in [4.69, 9.17) is 10.5 Å². The summed E-state index contributed by atoms with van der Waals surface area (Å²) in [5.74, 6) is 0.364. The first-order valence-corrected chi connectivity index (χ1v) is 5.91. The van der Waals surface area contributed by atoms with Gasteiger partial charge in [0.25, 0.3) is 5.91 Å². The molecule has 4 heteroatoms. The molecule has 2 aromatic rings. The van der Waals surface area contributed by atoms with Gasteiger partial charge in [-0.1, -0.05) is 17.7 Å². The van der Waals surface area contributed by atoms with Gasteiger partial charge in [-0.2, -0.15) is 0 Å². The van der Waals surface area contributed by atoms with E-state index in [0.29, 0.717) is 22.7 Å². The van der Waals surface area contributed by atoms with E-state index >= 15 is 0 Å². The highest BCUT2D eigenvalue weighted by atomic mass is 16.5. The lowest BCUT2D eigenvalue weighted by Crippen LogP contribution is -2.12. The van der Waals surface area contributed by atoms with Crippen LogP contribution in [-0.4, -0.2) is 13.0 Å². The van der Waals surface area contributed by atoms with E-state index in [0.717, 1.165) is 5.56 Å². The fourth-order valence-corrected chi connectivity index (χ4v) is 1.71. The van der Waals surface area contributed by atoms with Crippen LogP contribution in [0.15, 0.2) is 42.5 Å². The number of nitrogens with two attached hydrogens (primary N) is 1. The van der Waals surface area contributed by atoms with Crippen LogP contribution in [0.25, 0.3) is 0 Å². The maximum atomic E-state index is 12.1. The highest BCUT2D eigenvalue weighted by Gasteiger charge is 2.09. The number of rotatable bonds is 3. The van der Waals surface area contributed by atoms with Crippen molar-refractivity contribution in [3.05, 3.63) is 53.6 Å². The molecule has 0 radical (unpaired) electrons. The molecule has 0 heterocycles. The van der Waals surface area contributed by atoms with Gasteiger partial charge in [-0.25, -0.2) is 0 Å². The summed E-state index contributed by atoms with van der Waals surface area (Å²) < 4.78 is 5.19. The van der Waals surface area contributed by atoms with Gasteiger partial charge >= 0.3 is 0 Å². The zero-order chi connectivity index (χ0) is 13.8. The first-order valence-electron chi connectivity index (χ1n) is 5.91. The van der Waals surface area contributed by atoms with Gasteiger partial charge in [-0.15, -0.1) is 0 Å². The molecule has 0 atom stereocenters. The summed E-state index contributed by atoms with van der Waals surface area (Å²) in [7, 11) is 1.54. The lowest BCUT2D eigenvalue weighted by molar-refractivity contribution is 0.102. The molecule has 0 unspecified atom stereocenters. The van der Waals surface area contributed by atoms with Gasteiger partial charge in [0.05, 0.1) is 12.8 Å². The largest absolute Gasteiger partial charge is 0.494 e. The van der Waals surface area contributed by atoms with E-state index in [9.17, 15) is 4.79 Å². The lowest BCUT2D eigenvalue weighted by atomic mass is 10.1. The Balaban J connectivity index is 2.21. The van der Waals surface area contributed by atoms with E-state index in [2.05, 4.69) is 5.32 Å². The first-order chi connectivity index (χ1) is 9.10. The minimum atomic E-state index is -0.178. The molecule has 0 bridgehead atoms. The van der Waals surface area contributed by atoms with Crippen molar-refractivity contribution >= 4 is 17.3 Å². The van der Waals surface area contributed by atoms with Gasteiger partial charge in [-0.05, 0) is 31.2 Å². The van der Waals surface area contributed by atoms with Crippen molar-refractivity contribution in [1.29, 1.82) is 0 Å². The molecule has 19 heavy (non-hydrogen) atoms. The second-order valence-electron chi connectivity index (χ2n) is 4.28. The number of nitrogen functional groups attached to an aromatic ring is 1. The summed E-state index contributed by atoms with van der Waals surface area (Å²) >= 11 is 0. The SMILES string of the molecule is COc1cc(N)ccc1NC(=O)c1ccc(C)cc1. The standard InChI is InChI=1S/C15H16N2O2/c1-10-3-5-11(6-4-10)15(18)17-13-8-7-12(16)9-14(13)19-2/h3-9H,16H2,1-2H3,(H,17,18). The number of nitrogens with one attached hydrogen (secondary N) is 1. The Kier molecular flexibility index (Phi) is 3.71. The highest BCUT2D eigenvalue weighted by Crippen LogP contribution is 2.27. The van der Waals surface area contributed by atoms with Gasteiger partial charge in [0, 0.05) is 17.3 Å². The van der Waals surface area contributed by atoms with Crippen LogP contribution in [0.3, 0.4) is 0 Å². The summed E-state index contributed by atoms with van der Waals surface area (Å²) in [6, 6.07) is 12.5. The Morgan fingerprint density at radius 2 is 1.84 bits per heavy atom. The molecular formula is C15H16N2O2. The van der Waals surface area contributed by atoms with E-state index in [1.807, 2.05) is 19.1 Å². The maximum absolute atomic E-state index is 12.1. The monoisotopic (exact) mass is 256 g/mol. The second kappa shape index (κ2) is 5.44. The molecule has 2 aromatic carbocycles.